The van der Waals surface area contributed by atoms with E-state index in [2.05, 4.69) is 217 Å². The van der Waals surface area contributed by atoms with Crippen LogP contribution in [-0.2, 0) is 6.42 Å². The van der Waals surface area contributed by atoms with E-state index in [1.54, 1.807) is 0 Å². The second kappa shape index (κ2) is 14.9. The minimum atomic E-state index is -0.0423. The molecule has 1 aliphatic rings. The van der Waals surface area contributed by atoms with Gasteiger partial charge in [0.25, 0.3) is 0 Å². The van der Waals surface area contributed by atoms with Crippen molar-refractivity contribution in [2.75, 3.05) is 0 Å². The molecule has 314 valence electrons. The summed E-state index contributed by atoms with van der Waals surface area (Å²) in [6.45, 7) is 0. The average Bonchev–Trinajstić information content (AvgIpc) is 3.90. The standard InChI is InChI=1S/C62H40N4O/c1-2-19-44(20-3-1)66-55-27-12-10-23-47(55)50-25-14-26-53(58(50)66)62-64-60(43-30-29-38-15-4-5-16-39(38)36-43)63-61(65-62)52-34-33-51-48-24-11-13-28-56(48)67-59(51)57(52)49-32-31-42-35-40-17-6-7-18-41(40)37-54(42)46-22-9-8-21-45(46)49/h1-30,33-37,49H,31-32H2. The molecule has 5 heteroatoms. The van der Waals surface area contributed by atoms with Gasteiger partial charge in [0.1, 0.15) is 11.2 Å². The molecule has 3 aromatic heterocycles. The summed E-state index contributed by atoms with van der Waals surface area (Å²) in [7, 11) is 0. The number of aromatic nitrogens is 4. The Hall–Kier alpha value is -8.67. The number of rotatable bonds is 5. The van der Waals surface area contributed by atoms with Crippen LogP contribution in [0.1, 0.15) is 29.0 Å². The Balaban J connectivity index is 1.06. The van der Waals surface area contributed by atoms with Crippen LogP contribution in [0.3, 0.4) is 0 Å². The van der Waals surface area contributed by atoms with Crippen LogP contribution in [0.25, 0.3) is 116 Å². The second-order valence-corrected chi connectivity index (χ2v) is 17.8. The highest BCUT2D eigenvalue weighted by Gasteiger charge is 2.31. The Morgan fingerprint density at radius 2 is 1.09 bits per heavy atom. The predicted octanol–water partition coefficient (Wildman–Crippen LogP) is 15.9. The first-order valence-electron chi connectivity index (χ1n) is 23.1. The molecule has 67 heavy (non-hydrogen) atoms. The minimum absolute atomic E-state index is 0.0423. The quantitative estimate of drug-likeness (QED) is 0.173. The van der Waals surface area contributed by atoms with E-state index < -0.39 is 0 Å². The smallest absolute Gasteiger partial charge is 0.166 e. The predicted molar refractivity (Wildman–Crippen MR) is 275 cm³/mol. The highest BCUT2D eigenvalue weighted by Crippen LogP contribution is 2.49. The normalized spacial score (nSPS) is 13.7. The van der Waals surface area contributed by atoms with Crippen LogP contribution in [0.2, 0.25) is 0 Å². The lowest BCUT2D eigenvalue weighted by molar-refractivity contribution is 0.647. The number of hydrogen-bond acceptors (Lipinski definition) is 4. The highest BCUT2D eigenvalue weighted by molar-refractivity contribution is 6.13. The molecule has 0 saturated heterocycles. The van der Waals surface area contributed by atoms with Crippen LogP contribution in [0.4, 0.5) is 0 Å². The molecule has 14 rings (SSSR count). The molecule has 0 spiro atoms. The molecular formula is C62H40N4O. The van der Waals surface area contributed by atoms with E-state index in [4.69, 9.17) is 19.4 Å². The third-order valence-corrected chi connectivity index (χ3v) is 14.1. The number of hydrogen-bond donors (Lipinski definition) is 0. The van der Waals surface area contributed by atoms with Gasteiger partial charge in [-0.15, -0.1) is 0 Å². The maximum absolute atomic E-state index is 7.05. The lowest BCUT2D eigenvalue weighted by Gasteiger charge is -2.22. The molecule has 13 aromatic rings. The Bertz CT molecular complexity index is 4130. The van der Waals surface area contributed by atoms with Crippen molar-refractivity contribution in [2.45, 2.75) is 18.8 Å². The first-order chi connectivity index (χ1) is 33.2. The molecule has 1 atom stereocenters. The molecule has 1 aliphatic carbocycles. The number of benzene rings is 10. The molecule has 0 N–H and O–H groups in total. The van der Waals surface area contributed by atoms with Crippen LogP contribution >= 0.6 is 0 Å². The van der Waals surface area contributed by atoms with E-state index in [0.29, 0.717) is 17.5 Å². The van der Waals surface area contributed by atoms with Gasteiger partial charge >= 0.3 is 0 Å². The zero-order valence-corrected chi connectivity index (χ0v) is 36.4. The van der Waals surface area contributed by atoms with Crippen molar-refractivity contribution >= 4 is 65.3 Å². The number of aryl methyl sites for hydroxylation is 1. The van der Waals surface area contributed by atoms with Crippen LogP contribution in [0.5, 0.6) is 0 Å². The van der Waals surface area contributed by atoms with Gasteiger partial charge in [0.15, 0.2) is 17.5 Å². The van der Waals surface area contributed by atoms with E-state index in [1.165, 1.54) is 38.4 Å². The Morgan fingerprint density at radius 3 is 1.96 bits per heavy atom. The van der Waals surface area contributed by atoms with E-state index in [9.17, 15) is 0 Å². The van der Waals surface area contributed by atoms with Gasteiger partial charge in [0.05, 0.1) is 11.0 Å². The van der Waals surface area contributed by atoms with E-state index >= 15 is 0 Å². The summed E-state index contributed by atoms with van der Waals surface area (Å²) in [5, 5.41) is 9.28. The summed E-state index contributed by atoms with van der Waals surface area (Å²) >= 11 is 0. The average molecular weight is 857 g/mol. The van der Waals surface area contributed by atoms with Gasteiger partial charge in [-0.05, 0) is 111 Å². The van der Waals surface area contributed by atoms with Crippen LogP contribution in [-0.4, -0.2) is 19.5 Å². The largest absolute Gasteiger partial charge is 0.456 e. The fourth-order valence-electron chi connectivity index (χ4n) is 11.0. The third kappa shape index (κ3) is 5.98. The SMILES string of the molecule is c1ccc(-n2c3ccccc3c3cccc(-c4nc(-c5ccc6ccccc6c5)nc(-c5ccc6c(oc7ccccc76)c5C5CCc6cc7ccccc7cc6-c6ccccc65)n4)c32)cc1. The van der Waals surface area contributed by atoms with Crippen LogP contribution in [0, 0.1) is 0 Å². The highest BCUT2D eigenvalue weighted by atomic mass is 16.3. The Labute approximate surface area is 386 Å². The summed E-state index contributed by atoms with van der Waals surface area (Å²) in [6.07, 6.45) is 1.77. The monoisotopic (exact) mass is 856 g/mol. The third-order valence-electron chi connectivity index (χ3n) is 14.1. The number of fused-ring (bicyclic) bond motifs is 11. The first kappa shape index (κ1) is 37.7. The molecular weight excluding hydrogens is 817 g/mol. The number of nitrogens with zero attached hydrogens (tertiary/aromatic N) is 4. The topological polar surface area (TPSA) is 56.7 Å². The summed E-state index contributed by atoms with van der Waals surface area (Å²) < 4.78 is 9.41. The fraction of sp³-hybridized carbons (Fsp3) is 0.0484. The van der Waals surface area contributed by atoms with Crippen molar-refractivity contribution in [3.05, 3.63) is 229 Å². The molecule has 0 radical (unpaired) electrons. The molecule has 5 nitrogen and oxygen atoms in total. The Kier molecular flexibility index (Phi) is 8.40. The van der Waals surface area contributed by atoms with Crippen molar-refractivity contribution in [3.63, 3.8) is 0 Å². The fourth-order valence-corrected chi connectivity index (χ4v) is 11.0. The maximum Gasteiger partial charge on any atom is 0.166 e. The zero-order valence-electron chi connectivity index (χ0n) is 36.4. The summed E-state index contributed by atoms with van der Waals surface area (Å²) in [5.74, 6) is 1.78. The molecule has 0 saturated carbocycles. The van der Waals surface area contributed by atoms with Gasteiger partial charge in [-0.3, -0.25) is 0 Å². The first-order valence-corrected chi connectivity index (χ1v) is 23.1. The molecule has 3 heterocycles. The van der Waals surface area contributed by atoms with E-state index in [-0.39, 0.29) is 5.92 Å². The molecule has 0 aliphatic heterocycles. The summed E-state index contributed by atoms with van der Waals surface area (Å²) in [5.41, 5.74) is 14.0. The molecule has 0 fully saturated rings. The summed E-state index contributed by atoms with van der Waals surface area (Å²) in [4.78, 5) is 16.6. The van der Waals surface area contributed by atoms with Crippen LogP contribution in [0.15, 0.2) is 217 Å². The molecule has 0 amide bonds. The van der Waals surface area contributed by atoms with Gasteiger partial charge in [0, 0.05) is 55.4 Å². The number of para-hydroxylation sites is 4. The van der Waals surface area contributed by atoms with Crippen LogP contribution < -0.4 is 0 Å². The molecule has 0 bridgehead atoms. The summed E-state index contributed by atoms with van der Waals surface area (Å²) in [6, 6.07) is 76.0. The van der Waals surface area contributed by atoms with Gasteiger partial charge in [-0.2, -0.15) is 0 Å². The molecule has 10 aromatic carbocycles. The van der Waals surface area contributed by atoms with Crippen molar-refractivity contribution in [3.8, 4) is 51.0 Å². The number of furan rings is 1. The lowest BCUT2D eigenvalue weighted by atomic mass is 9.82. The second-order valence-electron chi connectivity index (χ2n) is 17.8. The van der Waals surface area contributed by atoms with Crippen molar-refractivity contribution in [1.29, 1.82) is 0 Å². The zero-order chi connectivity index (χ0) is 44.0. The molecule has 1 unspecified atom stereocenters. The van der Waals surface area contributed by atoms with Gasteiger partial charge < -0.3 is 8.98 Å². The van der Waals surface area contributed by atoms with Gasteiger partial charge in [0.2, 0.25) is 0 Å². The minimum Gasteiger partial charge on any atom is -0.456 e. The lowest BCUT2D eigenvalue weighted by Crippen LogP contribution is -2.08. The van der Waals surface area contributed by atoms with E-state index in [0.717, 1.165) is 89.9 Å². The maximum atomic E-state index is 7.05. The Morgan fingerprint density at radius 1 is 0.433 bits per heavy atom. The van der Waals surface area contributed by atoms with Crippen molar-refractivity contribution in [2.24, 2.45) is 0 Å². The van der Waals surface area contributed by atoms with Gasteiger partial charge in [-0.1, -0.05) is 158 Å². The van der Waals surface area contributed by atoms with Crippen molar-refractivity contribution < 1.29 is 4.42 Å². The van der Waals surface area contributed by atoms with Gasteiger partial charge in [-0.25, -0.2) is 15.0 Å². The van der Waals surface area contributed by atoms with E-state index in [1.807, 2.05) is 0 Å². The van der Waals surface area contributed by atoms with Crippen molar-refractivity contribution in [1.82, 2.24) is 19.5 Å².